The first-order chi connectivity index (χ1) is 4.68. The predicted octanol–water partition coefficient (Wildman–Crippen LogP) is 0.864. The van der Waals surface area contributed by atoms with Crippen LogP contribution >= 0.6 is 0 Å². The van der Waals surface area contributed by atoms with Crippen molar-refractivity contribution in [3.05, 3.63) is 0 Å². The fourth-order valence-electron chi connectivity index (χ4n) is 1.64. The van der Waals surface area contributed by atoms with E-state index in [1.807, 2.05) is 0 Å². The van der Waals surface area contributed by atoms with Crippen molar-refractivity contribution >= 4 is 0 Å². The molecule has 1 saturated carbocycles. The van der Waals surface area contributed by atoms with Crippen molar-refractivity contribution in [2.24, 2.45) is 5.73 Å². The lowest BCUT2D eigenvalue weighted by Gasteiger charge is -2.14. The van der Waals surface area contributed by atoms with E-state index in [0.29, 0.717) is 18.1 Å². The molecule has 0 aliphatic heterocycles. The van der Waals surface area contributed by atoms with Crippen LogP contribution in [0.1, 0.15) is 33.1 Å². The third-order valence-corrected chi connectivity index (χ3v) is 2.04. The van der Waals surface area contributed by atoms with Crippen molar-refractivity contribution in [1.82, 2.24) is 5.32 Å². The minimum atomic E-state index is 0.455. The topological polar surface area (TPSA) is 38.0 Å². The zero-order chi connectivity index (χ0) is 7.56. The average Bonchev–Trinajstić information content (AvgIpc) is 2.13. The second kappa shape index (κ2) is 3.35. The van der Waals surface area contributed by atoms with Crippen LogP contribution < -0.4 is 11.1 Å². The molecule has 0 amide bonds. The van der Waals surface area contributed by atoms with Gasteiger partial charge in [0, 0.05) is 18.1 Å². The van der Waals surface area contributed by atoms with E-state index in [-0.39, 0.29) is 0 Å². The smallest absolute Gasteiger partial charge is 0.00847 e. The van der Waals surface area contributed by atoms with Crippen LogP contribution in [0.15, 0.2) is 0 Å². The van der Waals surface area contributed by atoms with Crippen molar-refractivity contribution in [3.63, 3.8) is 0 Å². The summed E-state index contributed by atoms with van der Waals surface area (Å²) in [5.74, 6) is 0. The van der Waals surface area contributed by atoms with E-state index in [4.69, 9.17) is 5.73 Å². The van der Waals surface area contributed by atoms with Crippen LogP contribution in [0.5, 0.6) is 0 Å². The van der Waals surface area contributed by atoms with Crippen LogP contribution in [0, 0.1) is 0 Å². The van der Waals surface area contributed by atoms with Crippen molar-refractivity contribution in [3.8, 4) is 0 Å². The minimum absolute atomic E-state index is 0.455. The van der Waals surface area contributed by atoms with Crippen molar-refractivity contribution in [1.29, 1.82) is 0 Å². The molecule has 0 aromatic carbocycles. The summed E-state index contributed by atoms with van der Waals surface area (Å²) in [5, 5.41) is 3.49. The van der Waals surface area contributed by atoms with E-state index >= 15 is 0 Å². The third kappa shape index (κ3) is 2.27. The molecule has 0 aromatic heterocycles. The summed E-state index contributed by atoms with van der Waals surface area (Å²) in [6.45, 7) is 4.37. The summed E-state index contributed by atoms with van der Waals surface area (Å²) in [6, 6.07) is 1.75. The molecule has 0 spiro atoms. The highest BCUT2D eigenvalue weighted by Gasteiger charge is 2.21. The van der Waals surface area contributed by atoms with E-state index in [1.165, 1.54) is 12.8 Å². The monoisotopic (exact) mass is 142 g/mol. The summed E-state index contributed by atoms with van der Waals surface area (Å²) >= 11 is 0. The number of hydrogen-bond acceptors (Lipinski definition) is 2. The van der Waals surface area contributed by atoms with Gasteiger partial charge >= 0.3 is 0 Å². The van der Waals surface area contributed by atoms with Crippen LogP contribution in [0.4, 0.5) is 0 Å². The van der Waals surface area contributed by atoms with E-state index in [9.17, 15) is 0 Å². The number of hydrogen-bond donors (Lipinski definition) is 2. The van der Waals surface area contributed by atoms with Gasteiger partial charge in [0.15, 0.2) is 0 Å². The Morgan fingerprint density at radius 2 is 2.10 bits per heavy atom. The number of nitrogens with one attached hydrogen (secondary N) is 1. The SMILES string of the molecule is CC(C)N[C@H]1CC[C@@H](N)C1. The first kappa shape index (κ1) is 8.02. The second-order valence-corrected chi connectivity index (χ2v) is 3.59. The Kier molecular flexibility index (Phi) is 2.69. The van der Waals surface area contributed by atoms with Gasteiger partial charge in [0.2, 0.25) is 0 Å². The molecule has 10 heavy (non-hydrogen) atoms. The van der Waals surface area contributed by atoms with Gasteiger partial charge < -0.3 is 11.1 Å². The Hall–Kier alpha value is -0.0800. The molecule has 2 atom stereocenters. The maximum atomic E-state index is 5.76. The summed E-state index contributed by atoms with van der Waals surface area (Å²) in [6.07, 6.45) is 3.63. The first-order valence-corrected chi connectivity index (χ1v) is 4.20. The van der Waals surface area contributed by atoms with Gasteiger partial charge in [-0.2, -0.15) is 0 Å². The van der Waals surface area contributed by atoms with Crippen LogP contribution in [-0.2, 0) is 0 Å². The maximum Gasteiger partial charge on any atom is 0.00847 e. The third-order valence-electron chi connectivity index (χ3n) is 2.04. The Bertz CT molecular complexity index is 101. The molecular weight excluding hydrogens is 124 g/mol. The molecular formula is C8H18N2. The van der Waals surface area contributed by atoms with Crippen LogP contribution in [0.3, 0.4) is 0 Å². The van der Waals surface area contributed by atoms with Gasteiger partial charge in [-0.05, 0) is 19.3 Å². The lowest BCUT2D eigenvalue weighted by atomic mass is 10.2. The predicted molar refractivity (Wildman–Crippen MR) is 43.9 cm³/mol. The molecule has 0 heterocycles. The van der Waals surface area contributed by atoms with Crippen LogP contribution in [0.25, 0.3) is 0 Å². The summed E-state index contributed by atoms with van der Waals surface area (Å²) in [5.41, 5.74) is 5.76. The summed E-state index contributed by atoms with van der Waals surface area (Å²) < 4.78 is 0. The summed E-state index contributed by atoms with van der Waals surface area (Å²) in [7, 11) is 0. The Morgan fingerprint density at radius 3 is 2.50 bits per heavy atom. The normalized spacial score (nSPS) is 33.6. The molecule has 0 saturated heterocycles. The molecule has 3 N–H and O–H groups in total. The number of rotatable bonds is 2. The minimum Gasteiger partial charge on any atom is -0.328 e. The lowest BCUT2D eigenvalue weighted by Crippen LogP contribution is -2.33. The molecule has 1 aliphatic rings. The lowest BCUT2D eigenvalue weighted by molar-refractivity contribution is 0.466. The van der Waals surface area contributed by atoms with Gasteiger partial charge in [0.05, 0.1) is 0 Å². The molecule has 1 rings (SSSR count). The fourth-order valence-corrected chi connectivity index (χ4v) is 1.64. The van der Waals surface area contributed by atoms with Gasteiger partial charge in [-0.3, -0.25) is 0 Å². The highest BCUT2D eigenvalue weighted by atomic mass is 15.0. The quantitative estimate of drug-likeness (QED) is 0.600. The van der Waals surface area contributed by atoms with Gasteiger partial charge in [-0.15, -0.1) is 0 Å². The highest BCUT2D eigenvalue weighted by Crippen LogP contribution is 2.17. The molecule has 0 bridgehead atoms. The van der Waals surface area contributed by atoms with Gasteiger partial charge in [-0.1, -0.05) is 13.8 Å². The summed E-state index contributed by atoms with van der Waals surface area (Å²) in [4.78, 5) is 0. The largest absolute Gasteiger partial charge is 0.328 e. The van der Waals surface area contributed by atoms with Gasteiger partial charge in [0.1, 0.15) is 0 Å². The zero-order valence-electron chi connectivity index (χ0n) is 6.93. The van der Waals surface area contributed by atoms with E-state index in [0.717, 1.165) is 6.42 Å². The van der Waals surface area contributed by atoms with Crippen LogP contribution in [0.2, 0.25) is 0 Å². The van der Waals surface area contributed by atoms with Crippen LogP contribution in [-0.4, -0.2) is 18.1 Å². The molecule has 1 fully saturated rings. The maximum absolute atomic E-state index is 5.76. The Morgan fingerprint density at radius 1 is 1.40 bits per heavy atom. The van der Waals surface area contributed by atoms with E-state index in [1.54, 1.807) is 0 Å². The molecule has 1 aliphatic carbocycles. The molecule has 0 unspecified atom stereocenters. The molecule has 2 heteroatoms. The Labute approximate surface area is 63.2 Å². The highest BCUT2D eigenvalue weighted by molar-refractivity contribution is 4.83. The van der Waals surface area contributed by atoms with Crippen molar-refractivity contribution in [2.45, 2.75) is 51.2 Å². The standard InChI is InChI=1S/C8H18N2/c1-6(2)10-8-4-3-7(9)5-8/h6-8,10H,3-5,9H2,1-2H3/t7-,8+/m1/s1. The molecule has 60 valence electrons. The van der Waals surface area contributed by atoms with E-state index < -0.39 is 0 Å². The number of nitrogens with two attached hydrogens (primary N) is 1. The van der Waals surface area contributed by atoms with E-state index in [2.05, 4.69) is 19.2 Å². The Balaban J connectivity index is 2.18. The molecule has 0 aromatic rings. The first-order valence-electron chi connectivity index (χ1n) is 4.20. The second-order valence-electron chi connectivity index (χ2n) is 3.59. The fraction of sp³-hybridized carbons (Fsp3) is 1.00. The average molecular weight is 142 g/mol. The molecule has 0 radical (unpaired) electrons. The van der Waals surface area contributed by atoms with Crippen molar-refractivity contribution < 1.29 is 0 Å². The van der Waals surface area contributed by atoms with Crippen molar-refractivity contribution in [2.75, 3.05) is 0 Å². The van der Waals surface area contributed by atoms with Gasteiger partial charge in [-0.25, -0.2) is 0 Å². The molecule has 2 nitrogen and oxygen atoms in total. The van der Waals surface area contributed by atoms with Gasteiger partial charge in [0.25, 0.3) is 0 Å². The zero-order valence-corrected chi connectivity index (χ0v) is 6.93.